The van der Waals surface area contributed by atoms with Crippen LogP contribution in [-0.4, -0.2) is 18.1 Å². The van der Waals surface area contributed by atoms with Gasteiger partial charge in [0.15, 0.2) is 0 Å². The third kappa shape index (κ3) is 2.45. The molecule has 0 bridgehead atoms. The molecule has 100 valence electrons. The summed E-state index contributed by atoms with van der Waals surface area (Å²) in [4.78, 5) is 12.6. The third-order valence-electron chi connectivity index (χ3n) is 2.92. The van der Waals surface area contributed by atoms with Gasteiger partial charge in [0, 0.05) is 12.7 Å². The van der Waals surface area contributed by atoms with E-state index in [1.807, 2.05) is 6.07 Å². The van der Waals surface area contributed by atoms with Gasteiger partial charge in [-0.3, -0.25) is 0 Å². The molecule has 0 spiro atoms. The normalized spacial score (nSPS) is 9.85. The molecule has 5 heteroatoms. The summed E-state index contributed by atoms with van der Waals surface area (Å²) in [6.07, 6.45) is 0. The number of carboxylic acid groups (broad SMARTS) is 1. The number of aromatic carboxylic acids is 1. The Balaban J connectivity index is 2.56. The zero-order chi connectivity index (χ0) is 14.7. The number of rotatable bonds is 3. The Morgan fingerprint density at radius 1 is 1.30 bits per heavy atom. The van der Waals surface area contributed by atoms with Crippen molar-refractivity contribution < 1.29 is 14.3 Å². The molecule has 0 saturated carbocycles. The van der Waals surface area contributed by atoms with Crippen LogP contribution in [0.2, 0.25) is 0 Å². The average Bonchev–Trinajstić information content (AvgIpc) is 2.46. The molecule has 0 radical (unpaired) electrons. The first-order valence-corrected chi connectivity index (χ1v) is 5.80. The molecule has 0 fully saturated rings. The van der Waals surface area contributed by atoms with Gasteiger partial charge in [0.05, 0.1) is 22.9 Å². The molecule has 0 atom stereocenters. The highest BCUT2D eigenvalue weighted by atomic mass is 19.1. The fourth-order valence-corrected chi connectivity index (χ4v) is 1.94. The van der Waals surface area contributed by atoms with Gasteiger partial charge in [-0.2, -0.15) is 5.26 Å². The number of benzene rings is 2. The molecule has 2 aromatic rings. The molecule has 0 saturated heterocycles. The van der Waals surface area contributed by atoms with Crippen molar-refractivity contribution in [2.75, 3.05) is 11.9 Å². The highest BCUT2D eigenvalue weighted by Crippen LogP contribution is 2.30. The first-order chi connectivity index (χ1) is 9.54. The number of carbonyl (C=O) groups is 1. The number of carboxylic acids is 1. The summed E-state index contributed by atoms with van der Waals surface area (Å²) < 4.78 is 14.0. The minimum Gasteiger partial charge on any atom is -0.478 e. The van der Waals surface area contributed by atoms with Crippen LogP contribution in [0, 0.1) is 17.1 Å². The highest BCUT2D eigenvalue weighted by Gasteiger charge is 2.18. The van der Waals surface area contributed by atoms with Gasteiger partial charge in [-0.15, -0.1) is 0 Å². The van der Waals surface area contributed by atoms with Gasteiger partial charge >= 0.3 is 5.97 Å². The molecule has 1 N–H and O–H groups in total. The van der Waals surface area contributed by atoms with Gasteiger partial charge in [-0.25, -0.2) is 9.18 Å². The molecule has 0 aromatic heterocycles. The predicted molar refractivity (Wildman–Crippen MR) is 72.6 cm³/mol. The second-order valence-electron chi connectivity index (χ2n) is 4.16. The zero-order valence-corrected chi connectivity index (χ0v) is 10.7. The number of nitrogens with zero attached hydrogens (tertiary/aromatic N) is 2. The van der Waals surface area contributed by atoms with Crippen LogP contribution < -0.4 is 4.90 Å². The molecule has 0 amide bonds. The van der Waals surface area contributed by atoms with Gasteiger partial charge in [-0.1, -0.05) is 12.1 Å². The van der Waals surface area contributed by atoms with Gasteiger partial charge in [0.25, 0.3) is 0 Å². The van der Waals surface area contributed by atoms with E-state index < -0.39 is 11.8 Å². The summed E-state index contributed by atoms with van der Waals surface area (Å²) >= 11 is 0. The summed E-state index contributed by atoms with van der Waals surface area (Å²) in [5, 5.41) is 18.0. The van der Waals surface area contributed by atoms with Crippen LogP contribution >= 0.6 is 0 Å². The molecule has 2 rings (SSSR count). The molecule has 2 aromatic carbocycles. The van der Waals surface area contributed by atoms with Gasteiger partial charge < -0.3 is 10.0 Å². The van der Waals surface area contributed by atoms with Crippen LogP contribution in [-0.2, 0) is 0 Å². The number of nitriles is 1. The van der Waals surface area contributed by atoms with Gasteiger partial charge in [-0.05, 0) is 30.3 Å². The first kappa shape index (κ1) is 13.6. The second kappa shape index (κ2) is 5.41. The van der Waals surface area contributed by atoms with Crippen molar-refractivity contribution in [1.82, 2.24) is 0 Å². The lowest BCUT2D eigenvalue weighted by Gasteiger charge is -2.22. The lowest BCUT2D eigenvalue weighted by molar-refractivity contribution is 0.0697. The van der Waals surface area contributed by atoms with E-state index in [0.29, 0.717) is 11.3 Å². The number of hydrogen-bond donors (Lipinski definition) is 1. The zero-order valence-electron chi connectivity index (χ0n) is 10.7. The van der Waals surface area contributed by atoms with Crippen LogP contribution in [0.1, 0.15) is 15.9 Å². The number of hydrogen-bond acceptors (Lipinski definition) is 3. The average molecular weight is 270 g/mol. The van der Waals surface area contributed by atoms with E-state index in [-0.39, 0.29) is 11.3 Å². The molecule has 20 heavy (non-hydrogen) atoms. The largest absolute Gasteiger partial charge is 0.478 e. The summed E-state index contributed by atoms with van der Waals surface area (Å²) in [6.45, 7) is 0. The van der Waals surface area contributed by atoms with E-state index in [1.165, 1.54) is 23.1 Å². The first-order valence-electron chi connectivity index (χ1n) is 5.80. The van der Waals surface area contributed by atoms with E-state index in [4.69, 9.17) is 10.4 Å². The standard InChI is InChI=1S/C15H11FN2O2/c1-18(11-5-2-4-10(8-11)9-17)14-12(15(19)20)6-3-7-13(14)16/h2-8H,1H3,(H,19,20). The Morgan fingerprint density at radius 3 is 2.65 bits per heavy atom. The Labute approximate surface area is 115 Å². The van der Waals surface area contributed by atoms with Crippen LogP contribution in [0.15, 0.2) is 42.5 Å². The lowest BCUT2D eigenvalue weighted by Crippen LogP contribution is -2.16. The molecule has 0 aliphatic carbocycles. The Hall–Kier alpha value is -2.87. The van der Waals surface area contributed by atoms with Crippen molar-refractivity contribution in [3.05, 3.63) is 59.4 Å². The smallest absolute Gasteiger partial charge is 0.337 e. The van der Waals surface area contributed by atoms with Gasteiger partial charge in [0.2, 0.25) is 0 Å². The lowest BCUT2D eigenvalue weighted by atomic mass is 10.1. The quantitative estimate of drug-likeness (QED) is 0.930. The predicted octanol–water partition coefficient (Wildman–Crippen LogP) is 3.16. The SMILES string of the molecule is CN(c1cccc(C#N)c1)c1c(F)cccc1C(=O)O. The molecular formula is C15H11FN2O2. The molecule has 0 aliphatic rings. The molecule has 4 nitrogen and oxygen atoms in total. The minimum absolute atomic E-state index is 0.0323. The summed E-state index contributed by atoms with van der Waals surface area (Å²) in [5.41, 5.74) is 0.796. The summed E-state index contributed by atoms with van der Waals surface area (Å²) in [5.74, 6) is -1.84. The molecule has 0 unspecified atom stereocenters. The maximum Gasteiger partial charge on any atom is 0.337 e. The molecule has 0 heterocycles. The van der Waals surface area contributed by atoms with E-state index in [1.54, 1.807) is 31.3 Å². The van der Waals surface area contributed by atoms with Crippen molar-refractivity contribution in [2.45, 2.75) is 0 Å². The van der Waals surface area contributed by atoms with E-state index in [9.17, 15) is 9.18 Å². The Bertz CT molecular complexity index is 707. The maximum atomic E-state index is 14.0. The fraction of sp³-hybridized carbons (Fsp3) is 0.0667. The molecular weight excluding hydrogens is 259 g/mol. The summed E-state index contributed by atoms with van der Waals surface area (Å²) in [6, 6.07) is 12.4. The van der Waals surface area contributed by atoms with Crippen molar-refractivity contribution >= 4 is 17.3 Å². The Kier molecular flexibility index (Phi) is 3.67. The van der Waals surface area contributed by atoms with Crippen molar-refractivity contribution in [1.29, 1.82) is 5.26 Å². The fourth-order valence-electron chi connectivity index (χ4n) is 1.94. The van der Waals surface area contributed by atoms with Gasteiger partial charge in [0.1, 0.15) is 5.82 Å². The number of para-hydroxylation sites is 1. The minimum atomic E-state index is -1.21. The highest BCUT2D eigenvalue weighted by molar-refractivity contribution is 5.95. The maximum absolute atomic E-state index is 14.0. The van der Waals surface area contributed by atoms with Crippen LogP contribution in [0.4, 0.5) is 15.8 Å². The number of halogens is 1. The van der Waals surface area contributed by atoms with Crippen molar-refractivity contribution in [3.8, 4) is 6.07 Å². The van der Waals surface area contributed by atoms with Crippen LogP contribution in [0.25, 0.3) is 0 Å². The number of anilines is 2. The molecule has 0 aliphatic heterocycles. The van der Waals surface area contributed by atoms with Crippen LogP contribution in [0.5, 0.6) is 0 Å². The van der Waals surface area contributed by atoms with Crippen LogP contribution in [0.3, 0.4) is 0 Å². The van der Waals surface area contributed by atoms with E-state index in [2.05, 4.69) is 0 Å². The second-order valence-corrected chi connectivity index (χ2v) is 4.16. The monoisotopic (exact) mass is 270 g/mol. The van der Waals surface area contributed by atoms with E-state index >= 15 is 0 Å². The van der Waals surface area contributed by atoms with Crippen molar-refractivity contribution in [2.24, 2.45) is 0 Å². The van der Waals surface area contributed by atoms with E-state index in [0.717, 1.165) is 0 Å². The summed E-state index contributed by atoms with van der Waals surface area (Å²) in [7, 11) is 1.56. The topological polar surface area (TPSA) is 64.3 Å². The Morgan fingerprint density at radius 2 is 2.00 bits per heavy atom. The van der Waals surface area contributed by atoms with Crippen molar-refractivity contribution in [3.63, 3.8) is 0 Å². The third-order valence-corrected chi connectivity index (χ3v) is 2.92.